The van der Waals surface area contributed by atoms with Crippen molar-refractivity contribution in [2.24, 2.45) is 0 Å². The van der Waals surface area contributed by atoms with Crippen molar-refractivity contribution < 1.29 is 17.9 Å². The highest BCUT2D eigenvalue weighted by Crippen LogP contribution is 2.29. The summed E-state index contributed by atoms with van der Waals surface area (Å²) in [5, 5.41) is 0.551. The third-order valence-corrected chi connectivity index (χ3v) is 5.39. The summed E-state index contributed by atoms with van der Waals surface area (Å²) in [5.41, 5.74) is 0.726. The fourth-order valence-electron chi connectivity index (χ4n) is 3.63. The molecule has 0 spiro atoms. The molecule has 1 aliphatic heterocycles. The maximum absolute atomic E-state index is 12.7. The molecule has 31 heavy (non-hydrogen) atoms. The van der Waals surface area contributed by atoms with Crippen LogP contribution < -0.4 is 15.4 Å². The molecule has 1 aromatic carbocycles. The number of ether oxygens (including phenoxy) is 1. The van der Waals surface area contributed by atoms with Gasteiger partial charge in [0.1, 0.15) is 5.82 Å². The van der Waals surface area contributed by atoms with Gasteiger partial charge in [-0.05, 0) is 30.3 Å². The molecule has 164 valence electrons. The molecule has 0 bridgehead atoms. The molecular formula is C21H22F3N5O2. The second-order valence-electron chi connectivity index (χ2n) is 7.31. The first-order valence-electron chi connectivity index (χ1n) is 9.88. The number of rotatable bonds is 5. The summed E-state index contributed by atoms with van der Waals surface area (Å²) in [5.74, 6) is 0.532. The van der Waals surface area contributed by atoms with Gasteiger partial charge in [0.2, 0.25) is 0 Å². The molecule has 3 aromatic rings. The fraction of sp³-hybridized carbons (Fsp3) is 0.381. The third kappa shape index (κ3) is 4.48. The van der Waals surface area contributed by atoms with Crippen molar-refractivity contribution in [3.05, 3.63) is 58.8 Å². The van der Waals surface area contributed by atoms with E-state index in [9.17, 15) is 18.0 Å². The highest BCUT2D eigenvalue weighted by atomic mass is 19.4. The van der Waals surface area contributed by atoms with Crippen LogP contribution in [0, 0.1) is 0 Å². The zero-order valence-corrected chi connectivity index (χ0v) is 17.0. The fourth-order valence-corrected chi connectivity index (χ4v) is 3.63. The molecule has 0 amide bonds. The second-order valence-corrected chi connectivity index (χ2v) is 7.31. The van der Waals surface area contributed by atoms with Crippen LogP contribution in [0.15, 0.2) is 47.7 Å². The number of halogens is 3. The predicted molar refractivity (Wildman–Crippen MR) is 112 cm³/mol. The lowest BCUT2D eigenvalue weighted by molar-refractivity contribution is -0.137. The average Bonchev–Trinajstić information content (AvgIpc) is 2.78. The van der Waals surface area contributed by atoms with Gasteiger partial charge >= 0.3 is 6.18 Å². The molecule has 1 aliphatic rings. The Morgan fingerprint density at radius 1 is 1.03 bits per heavy atom. The lowest BCUT2D eigenvalue weighted by Crippen LogP contribution is -2.46. The highest BCUT2D eigenvalue weighted by Gasteiger charge is 2.31. The lowest BCUT2D eigenvalue weighted by Gasteiger charge is -2.36. The van der Waals surface area contributed by atoms with Gasteiger partial charge in [-0.25, -0.2) is 9.97 Å². The molecular weight excluding hydrogens is 411 g/mol. The van der Waals surface area contributed by atoms with Gasteiger partial charge in [0.15, 0.2) is 0 Å². The first kappa shape index (κ1) is 21.1. The van der Waals surface area contributed by atoms with Crippen LogP contribution in [-0.2, 0) is 17.5 Å². The first-order chi connectivity index (χ1) is 14.9. The maximum atomic E-state index is 12.7. The number of piperazine rings is 1. The highest BCUT2D eigenvalue weighted by molar-refractivity contribution is 5.81. The molecule has 7 nitrogen and oxygen atoms in total. The molecule has 4 rings (SSSR count). The van der Waals surface area contributed by atoms with E-state index in [1.165, 1.54) is 17.0 Å². The molecule has 0 saturated carbocycles. The number of hydrogen-bond donors (Lipinski definition) is 0. The molecule has 2 aromatic heterocycles. The number of aromatic nitrogens is 3. The van der Waals surface area contributed by atoms with Crippen LogP contribution in [0.4, 0.5) is 24.7 Å². The summed E-state index contributed by atoms with van der Waals surface area (Å²) < 4.78 is 44.7. The summed E-state index contributed by atoms with van der Waals surface area (Å²) in [4.78, 5) is 25.1. The van der Waals surface area contributed by atoms with E-state index >= 15 is 0 Å². The lowest BCUT2D eigenvalue weighted by atomic mass is 10.2. The van der Waals surface area contributed by atoms with Gasteiger partial charge in [-0.15, -0.1) is 0 Å². The molecule has 1 fully saturated rings. The largest absolute Gasteiger partial charge is 0.417 e. The number of fused-ring (bicyclic) bond motifs is 1. The summed E-state index contributed by atoms with van der Waals surface area (Å²) >= 11 is 0. The number of methoxy groups -OCH3 is 1. The molecule has 1 saturated heterocycles. The van der Waals surface area contributed by atoms with Gasteiger partial charge in [0.05, 0.1) is 35.9 Å². The first-order valence-corrected chi connectivity index (χ1v) is 9.88. The Morgan fingerprint density at radius 2 is 1.77 bits per heavy atom. The normalized spacial score (nSPS) is 15.0. The minimum absolute atomic E-state index is 0.105. The topological polar surface area (TPSA) is 63.5 Å². The van der Waals surface area contributed by atoms with Crippen molar-refractivity contribution in [2.75, 3.05) is 49.7 Å². The van der Waals surface area contributed by atoms with E-state index in [1.54, 1.807) is 13.2 Å². The Bertz CT molecular complexity index is 1110. The van der Waals surface area contributed by atoms with Crippen LogP contribution in [0.5, 0.6) is 0 Å². The summed E-state index contributed by atoms with van der Waals surface area (Å²) in [6.07, 6.45) is -1.99. The van der Waals surface area contributed by atoms with Crippen molar-refractivity contribution in [3.8, 4) is 0 Å². The van der Waals surface area contributed by atoms with Crippen LogP contribution >= 0.6 is 0 Å². The van der Waals surface area contributed by atoms with Gasteiger partial charge < -0.3 is 14.5 Å². The molecule has 0 unspecified atom stereocenters. The average molecular weight is 433 g/mol. The Kier molecular flexibility index (Phi) is 5.81. The SMILES string of the molecule is COCCn1cnc2cc(N3CCN(c4ccc(C(F)(F)F)cn4)CC3)ccc2c1=O. The van der Waals surface area contributed by atoms with Crippen molar-refractivity contribution in [2.45, 2.75) is 12.7 Å². The summed E-state index contributed by atoms with van der Waals surface area (Å²) in [6, 6.07) is 8.05. The Morgan fingerprint density at radius 3 is 2.42 bits per heavy atom. The van der Waals surface area contributed by atoms with Gasteiger partial charge in [-0.2, -0.15) is 13.2 Å². The number of nitrogens with zero attached hydrogens (tertiary/aromatic N) is 5. The minimum Gasteiger partial charge on any atom is -0.383 e. The zero-order valence-electron chi connectivity index (χ0n) is 17.0. The van der Waals surface area contributed by atoms with Gasteiger partial charge in [-0.3, -0.25) is 9.36 Å². The van der Waals surface area contributed by atoms with Crippen LogP contribution in [0.25, 0.3) is 10.9 Å². The van der Waals surface area contributed by atoms with Crippen LogP contribution in [-0.4, -0.2) is 54.4 Å². The standard InChI is InChI=1S/C21H22F3N5O2/c1-31-11-10-29-14-26-18-12-16(3-4-17(18)20(29)30)27-6-8-28(9-7-27)19-5-2-15(13-25-19)21(22,23)24/h2-5,12-14H,6-11H2,1H3. The van der Waals surface area contributed by atoms with E-state index in [2.05, 4.69) is 14.9 Å². The zero-order chi connectivity index (χ0) is 22.0. The van der Waals surface area contributed by atoms with Crippen LogP contribution in [0.1, 0.15) is 5.56 Å². The van der Waals surface area contributed by atoms with Gasteiger partial charge in [-0.1, -0.05) is 0 Å². The van der Waals surface area contributed by atoms with E-state index in [0.717, 1.165) is 18.0 Å². The molecule has 10 heteroatoms. The second kappa shape index (κ2) is 8.54. The Balaban J connectivity index is 1.45. The summed E-state index contributed by atoms with van der Waals surface area (Å²) in [6.45, 7) is 3.49. The molecule has 0 N–H and O–H groups in total. The molecule has 3 heterocycles. The van der Waals surface area contributed by atoms with Crippen molar-refractivity contribution in [1.29, 1.82) is 0 Å². The minimum atomic E-state index is -4.39. The van der Waals surface area contributed by atoms with Gasteiger partial charge in [0, 0.05) is 45.2 Å². The monoisotopic (exact) mass is 433 g/mol. The number of pyridine rings is 1. The van der Waals surface area contributed by atoms with E-state index in [0.29, 0.717) is 56.1 Å². The smallest absolute Gasteiger partial charge is 0.383 e. The van der Waals surface area contributed by atoms with Crippen molar-refractivity contribution >= 4 is 22.4 Å². The number of hydrogen-bond acceptors (Lipinski definition) is 6. The number of alkyl halides is 3. The molecule has 0 atom stereocenters. The Labute approximate surface area is 176 Å². The number of benzene rings is 1. The maximum Gasteiger partial charge on any atom is 0.417 e. The van der Waals surface area contributed by atoms with E-state index in [4.69, 9.17) is 4.74 Å². The van der Waals surface area contributed by atoms with Gasteiger partial charge in [0.25, 0.3) is 5.56 Å². The third-order valence-electron chi connectivity index (χ3n) is 5.39. The predicted octanol–water partition coefficient (Wildman–Crippen LogP) is 2.78. The Hall–Kier alpha value is -3.14. The molecule has 0 aliphatic carbocycles. The van der Waals surface area contributed by atoms with Crippen LogP contribution in [0.3, 0.4) is 0 Å². The molecule has 0 radical (unpaired) electrons. The van der Waals surface area contributed by atoms with E-state index in [-0.39, 0.29) is 5.56 Å². The van der Waals surface area contributed by atoms with Crippen LogP contribution in [0.2, 0.25) is 0 Å². The van der Waals surface area contributed by atoms with E-state index < -0.39 is 11.7 Å². The van der Waals surface area contributed by atoms with Crippen molar-refractivity contribution in [1.82, 2.24) is 14.5 Å². The summed E-state index contributed by atoms with van der Waals surface area (Å²) in [7, 11) is 1.58. The quantitative estimate of drug-likeness (QED) is 0.617. The van der Waals surface area contributed by atoms with E-state index in [1.807, 2.05) is 17.0 Å². The number of anilines is 2. The van der Waals surface area contributed by atoms with Crippen molar-refractivity contribution in [3.63, 3.8) is 0 Å².